The van der Waals surface area contributed by atoms with Crippen LogP contribution in [0.4, 0.5) is 0 Å². The van der Waals surface area contributed by atoms with Crippen LogP contribution in [0.5, 0.6) is 0 Å². The van der Waals surface area contributed by atoms with E-state index in [-0.39, 0.29) is 18.3 Å². The maximum atomic E-state index is 12.3. The van der Waals surface area contributed by atoms with Crippen LogP contribution in [-0.2, 0) is 20.9 Å². The maximum absolute atomic E-state index is 12.3. The van der Waals surface area contributed by atoms with Crippen LogP contribution in [0.3, 0.4) is 0 Å². The first-order valence-electron chi connectivity index (χ1n) is 7.32. The highest BCUT2D eigenvalue weighted by molar-refractivity contribution is 5.77. The number of esters is 1. The molecule has 0 spiro atoms. The monoisotopic (exact) mass is 291 g/mol. The molecule has 0 fully saturated rings. The van der Waals surface area contributed by atoms with E-state index < -0.39 is 0 Å². The maximum Gasteiger partial charge on any atom is 0.307 e. The molecule has 1 aromatic carbocycles. The number of nitrogens with zero attached hydrogens (tertiary/aromatic N) is 1. The average molecular weight is 291 g/mol. The molecule has 0 heterocycles. The van der Waals surface area contributed by atoms with Gasteiger partial charge < -0.3 is 9.64 Å². The molecule has 0 radical (unpaired) electrons. The summed E-state index contributed by atoms with van der Waals surface area (Å²) in [6.45, 7) is 6.99. The first kappa shape index (κ1) is 17.2. The quantitative estimate of drug-likeness (QED) is 0.726. The average Bonchev–Trinajstić information content (AvgIpc) is 2.44. The highest BCUT2D eigenvalue weighted by Gasteiger charge is 2.16. The lowest BCUT2D eigenvalue weighted by Crippen LogP contribution is -2.33. The van der Waals surface area contributed by atoms with Gasteiger partial charge in [0, 0.05) is 19.5 Å². The summed E-state index contributed by atoms with van der Waals surface area (Å²) in [4.78, 5) is 25.3. The van der Waals surface area contributed by atoms with Crippen LogP contribution in [0, 0.1) is 12.8 Å². The van der Waals surface area contributed by atoms with Crippen molar-refractivity contribution in [2.45, 2.75) is 40.2 Å². The van der Waals surface area contributed by atoms with Gasteiger partial charge in [-0.05, 0) is 18.4 Å². The Bertz CT molecular complexity index is 465. The molecule has 0 aliphatic carbocycles. The zero-order valence-electron chi connectivity index (χ0n) is 13.4. The molecule has 0 aliphatic heterocycles. The van der Waals surface area contributed by atoms with E-state index in [0.29, 0.717) is 25.4 Å². The summed E-state index contributed by atoms with van der Waals surface area (Å²) in [7, 11) is 1.36. The van der Waals surface area contributed by atoms with E-state index in [2.05, 4.69) is 4.74 Å². The van der Waals surface area contributed by atoms with Crippen molar-refractivity contribution in [1.82, 2.24) is 4.90 Å². The Balaban J connectivity index is 2.72. The number of hydrogen-bond acceptors (Lipinski definition) is 3. The number of carbonyl (C=O) groups excluding carboxylic acids is 2. The molecule has 0 N–H and O–H groups in total. The predicted octanol–water partition coefficient (Wildman–Crippen LogP) is 2.93. The van der Waals surface area contributed by atoms with Gasteiger partial charge in [-0.1, -0.05) is 43.7 Å². The molecule has 0 saturated carbocycles. The number of hydrogen-bond donors (Lipinski definition) is 0. The van der Waals surface area contributed by atoms with E-state index in [1.807, 2.05) is 45.0 Å². The second-order valence-corrected chi connectivity index (χ2v) is 5.72. The Morgan fingerprint density at radius 3 is 2.33 bits per heavy atom. The summed E-state index contributed by atoms with van der Waals surface area (Å²) < 4.78 is 4.65. The Hall–Kier alpha value is -1.84. The lowest BCUT2D eigenvalue weighted by molar-refractivity contribution is -0.142. The summed E-state index contributed by atoms with van der Waals surface area (Å²) in [6, 6.07) is 8.09. The Kier molecular flexibility index (Phi) is 6.92. The number of benzene rings is 1. The van der Waals surface area contributed by atoms with E-state index in [0.717, 1.165) is 5.56 Å². The van der Waals surface area contributed by atoms with Crippen LogP contribution < -0.4 is 0 Å². The minimum Gasteiger partial charge on any atom is -0.469 e. The predicted molar refractivity (Wildman–Crippen MR) is 82.7 cm³/mol. The zero-order chi connectivity index (χ0) is 15.8. The third-order valence-electron chi connectivity index (χ3n) is 3.24. The van der Waals surface area contributed by atoms with Crippen LogP contribution >= 0.6 is 0 Å². The first-order valence-corrected chi connectivity index (χ1v) is 7.32. The topological polar surface area (TPSA) is 46.6 Å². The summed E-state index contributed by atoms with van der Waals surface area (Å²) in [5.41, 5.74) is 2.26. The number of carbonyl (C=O) groups is 2. The van der Waals surface area contributed by atoms with Gasteiger partial charge in [-0.25, -0.2) is 0 Å². The normalized spacial score (nSPS) is 10.5. The van der Waals surface area contributed by atoms with Crippen molar-refractivity contribution in [2.24, 2.45) is 5.92 Å². The lowest BCUT2D eigenvalue weighted by atomic mass is 10.1. The number of ether oxygens (including phenoxy) is 1. The fourth-order valence-electron chi connectivity index (χ4n) is 2.01. The largest absolute Gasteiger partial charge is 0.469 e. The van der Waals surface area contributed by atoms with Crippen LogP contribution in [0.1, 0.15) is 37.8 Å². The fraction of sp³-hybridized carbons (Fsp3) is 0.529. The molecule has 1 rings (SSSR count). The standard InChI is InChI=1S/C17H25NO3/c1-13(2)11-16(19)18(10-9-17(20)21-4)12-15-7-5-14(3)6-8-15/h5-8,13H,9-12H2,1-4H3. The van der Waals surface area contributed by atoms with Crippen molar-refractivity contribution < 1.29 is 14.3 Å². The van der Waals surface area contributed by atoms with Crippen LogP contribution in [0.2, 0.25) is 0 Å². The highest BCUT2D eigenvalue weighted by Crippen LogP contribution is 2.11. The van der Waals surface area contributed by atoms with Crippen molar-refractivity contribution in [2.75, 3.05) is 13.7 Å². The van der Waals surface area contributed by atoms with Gasteiger partial charge in [-0.15, -0.1) is 0 Å². The van der Waals surface area contributed by atoms with Crippen LogP contribution in [0.25, 0.3) is 0 Å². The molecular weight excluding hydrogens is 266 g/mol. The zero-order valence-corrected chi connectivity index (χ0v) is 13.4. The van der Waals surface area contributed by atoms with Crippen LogP contribution in [0.15, 0.2) is 24.3 Å². The molecule has 1 amide bonds. The molecule has 21 heavy (non-hydrogen) atoms. The van der Waals surface area contributed by atoms with E-state index in [4.69, 9.17) is 0 Å². The minimum absolute atomic E-state index is 0.0782. The van der Waals surface area contributed by atoms with Crippen molar-refractivity contribution in [1.29, 1.82) is 0 Å². The van der Waals surface area contributed by atoms with E-state index in [1.54, 1.807) is 4.90 Å². The minimum atomic E-state index is -0.291. The van der Waals surface area contributed by atoms with Crippen molar-refractivity contribution in [3.63, 3.8) is 0 Å². The number of rotatable bonds is 7. The third kappa shape index (κ3) is 6.43. The Labute approximate surface area is 127 Å². The highest BCUT2D eigenvalue weighted by atomic mass is 16.5. The van der Waals surface area contributed by atoms with Gasteiger partial charge in [-0.2, -0.15) is 0 Å². The molecule has 0 aliphatic rings. The SMILES string of the molecule is COC(=O)CCN(Cc1ccc(C)cc1)C(=O)CC(C)C. The van der Waals surface area contributed by atoms with Crippen molar-refractivity contribution in [3.8, 4) is 0 Å². The van der Waals surface area contributed by atoms with Crippen molar-refractivity contribution in [3.05, 3.63) is 35.4 Å². The number of methoxy groups -OCH3 is 1. The molecular formula is C17H25NO3. The molecule has 0 saturated heterocycles. The summed E-state index contributed by atoms with van der Waals surface area (Å²) >= 11 is 0. The van der Waals surface area contributed by atoms with Gasteiger partial charge in [0.05, 0.1) is 13.5 Å². The van der Waals surface area contributed by atoms with E-state index in [1.165, 1.54) is 12.7 Å². The summed E-state index contributed by atoms with van der Waals surface area (Å²) in [6.07, 6.45) is 0.721. The van der Waals surface area contributed by atoms with Gasteiger partial charge in [0.25, 0.3) is 0 Å². The second kappa shape index (κ2) is 8.45. The fourth-order valence-corrected chi connectivity index (χ4v) is 2.01. The van der Waals surface area contributed by atoms with Crippen LogP contribution in [-0.4, -0.2) is 30.4 Å². The van der Waals surface area contributed by atoms with Gasteiger partial charge in [-0.3, -0.25) is 9.59 Å². The molecule has 116 valence electrons. The Morgan fingerprint density at radius 1 is 1.19 bits per heavy atom. The lowest BCUT2D eigenvalue weighted by Gasteiger charge is -2.23. The van der Waals surface area contributed by atoms with Crippen molar-refractivity contribution >= 4 is 11.9 Å². The number of amides is 1. The first-order chi connectivity index (χ1) is 9.92. The van der Waals surface area contributed by atoms with E-state index >= 15 is 0 Å². The molecule has 0 unspecified atom stereocenters. The van der Waals surface area contributed by atoms with E-state index in [9.17, 15) is 9.59 Å². The second-order valence-electron chi connectivity index (χ2n) is 5.72. The summed E-state index contributed by atoms with van der Waals surface area (Å²) in [5, 5.41) is 0. The van der Waals surface area contributed by atoms with Gasteiger partial charge in [0.2, 0.25) is 5.91 Å². The molecule has 0 bridgehead atoms. The number of aryl methyl sites for hydroxylation is 1. The van der Waals surface area contributed by atoms with Gasteiger partial charge in [0.15, 0.2) is 0 Å². The molecule has 1 aromatic rings. The third-order valence-corrected chi connectivity index (χ3v) is 3.24. The summed E-state index contributed by atoms with van der Waals surface area (Å²) in [5.74, 6) is 0.0897. The smallest absolute Gasteiger partial charge is 0.307 e. The molecule has 0 atom stereocenters. The molecule has 4 nitrogen and oxygen atoms in total. The molecule has 0 aromatic heterocycles. The van der Waals surface area contributed by atoms with Gasteiger partial charge in [0.1, 0.15) is 0 Å². The van der Waals surface area contributed by atoms with Gasteiger partial charge >= 0.3 is 5.97 Å². The Morgan fingerprint density at radius 2 is 1.81 bits per heavy atom. The molecule has 4 heteroatoms.